The summed E-state index contributed by atoms with van der Waals surface area (Å²) in [6.45, 7) is 7.64. The molecule has 3 heteroatoms. The minimum Gasteiger partial charge on any atom is -0.371 e. The predicted molar refractivity (Wildman–Crippen MR) is 82.1 cm³/mol. The van der Waals surface area contributed by atoms with Crippen LogP contribution in [0.25, 0.3) is 0 Å². The molecule has 1 aromatic rings. The number of morpholine rings is 1. The molecule has 3 nitrogen and oxygen atoms in total. The van der Waals surface area contributed by atoms with Gasteiger partial charge in [-0.1, -0.05) is 30.3 Å². The van der Waals surface area contributed by atoms with Crippen LogP contribution in [0.4, 0.5) is 0 Å². The molecule has 2 heterocycles. The summed E-state index contributed by atoms with van der Waals surface area (Å²) in [5, 5.41) is 3.46. The molecule has 0 saturated carbocycles. The Morgan fingerprint density at radius 1 is 1.15 bits per heavy atom. The van der Waals surface area contributed by atoms with E-state index in [0.29, 0.717) is 12.2 Å². The number of hydrogen-bond donors (Lipinski definition) is 1. The summed E-state index contributed by atoms with van der Waals surface area (Å²) >= 11 is 0. The average molecular weight is 274 g/mol. The van der Waals surface area contributed by atoms with Crippen LogP contribution < -0.4 is 5.32 Å². The molecule has 20 heavy (non-hydrogen) atoms. The Labute approximate surface area is 122 Å². The number of rotatable bonds is 3. The second-order valence-electron chi connectivity index (χ2n) is 6.21. The molecule has 2 saturated heterocycles. The van der Waals surface area contributed by atoms with E-state index in [4.69, 9.17) is 4.74 Å². The standard InChI is InChI=1S/C17H26N2O/c1-14-11-18-12-17(20-14)13-19-9-7-16(8-10-19)15-5-3-2-4-6-15/h2-6,14,16-18H,7-13H2,1H3/t14-,17+/m1/s1. The molecule has 2 aliphatic heterocycles. The lowest BCUT2D eigenvalue weighted by molar-refractivity contribution is -0.0448. The molecule has 0 aliphatic carbocycles. The van der Waals surface area contributed by atoms with Gasteiger partial charge in [0, 0.05) is 19.6 Å². The maximum absolute atomic E-state index is 6.00. The Kier molecular flexibility index (Phi) is 4.71. The molecule has 0 spiro atoms. The van der Waals surface area contributed by atoms with Crippen molar-refractivity contribution in [3.63, 3.8) is 0 Å². The van der Waals surface area contributed by atoms with Crippen LogP contribution in [0.3, 0.4) is 0 Å². The molecule has 1 N–H and O–H groups in total. The van der Waals surface area contributed by atoms with E-state index >= 15 is 0 Å². The maximum Gasteiger partial charge on any atom is 0.0830 e. The molecule has 3 rings (SSSR count). The summed E-state index contributed by atoms with van der Waals surface area (Å²) in [6.07, 6.45) is 3.28. The average Bonchev–Trinajstić information content (AvgIpc) is 2.49. The van der Waals surface area contributed by atoms with Gasteiger partial charge in [-0.25, -0.2) is 0 Å². The number of hydrogen-bond acceptors (Lipinski definition) is 3. The van der Waals surface area contributed by atoms with Crippen molar-refractivity contribution in [3.05, 3.63) is 35.9 Å². The van der Waals surface area contributed by atoms with E-state index in [1.54, 1.807) is 0 Å². The van der Waals surface area contributed by atoms with E-state index in [1.165, 1.54) is 31.5 Å². The second-order valence-corrected chi connectivity index (χ2v) is 6.21. The fraction of sp³-hybridized carbons (Fsp3) is 0.647. The van der Waals surface area contributed by atoms with Gasteiger partial charge in [-0.05, 0) is 44.3 Å². The van der Waals surface area contributed by atoms with Crippen LogP contribution in [0.1, 0.15) is 31.2 Å². The van der Waals surface area contributed by atoms with Crippen LogP contribution in [0.15, 0.2) is 30.3 Å². The Morgan fingerprint density at radius 2 is 1.90 bits per heavy atom. The monoisotopic (exact) mass is 274 g/mol. The smallest absolute Gasteiger partial charge is 0.0830 e. The minimum absolute atomic E-state index is 0.357. The summed E-state index contributed by atoms with van der Waals surface area (Å²) in [5.41, 5.74) is 1.51. The van der Waals surface area contributed by atoms with E-state index in [1.807, 2.05) is 0 Å². The lowest BCUT2D eigenvalue weighted by atomic mass is 9.89. The molecule has 0 aromatic heterocycles. The van der Waals surface area contributed by atoms with E-state index in [9.17, 15) is 0 Å². The molecule has 2 atom stereocenters. The third-order valence-electron chi connectivity index (χ3n) is 4.55. The fourth-order valence-corrected chi connectivity index (χ4v) is 3.44. The number of piperidine rings is 1. The van der Waals surface area contributed by atoms with Gasteiger partial charge in [0.1, 0.15) is 0 Å². The van der Waals surface area contributed by atoms with E-state index in [2.05, 4.69) is 47.5 Å². The third-order valence-corrected chi connectivity index (χ3v) is 4.55. The molecule has 2 fully saturated rings. The highest BCUT2D eigenvalue weighted by atomic mass is 16.5. The van der Waals surface area contributed by atoms with E-state index in [-0.39, 0.29) is 0 Å². The normalized spacial score (nSPS) is 29.4. The van der Waals surface area contributed by atoms with Crippen molar-refractivity contribution in [2.75, 3.05) is 32.7 Å². The number of benzene rings is 1. The first-order valence-electron chi connectivity index (χ1n) is 7.95. The van der Waals surface area contributed by atoms with Crippen LogP contribution >= 0.6 is 0 Å². The zero-order valence-electron chi connectivity index (χ0n) is 12.4. The third kappa shape index (κ3) is 3.60. The molecular weight excluding hydrogens is 248 g/mol. The molecule has 0 radical (unpaired) electrons. The number of ether oxygens (including phenoxy) is 1. The number of nitrogens with one attached hydrogen (secondary N) is 1. The lowest BCUT2D eigenvalue weighted by Gasteiger charge is -2.37. The maximum atomic E-state index is 6.00. The van der Waals surface area contributed by atoms with Crippen molar-refractivity contribution in [1.82, 2.24) is 10.2 Å². The number of likely N-dealkylation sites (tertiary alicyclic amines) is 1. The molecular formula is C17H26N2O. The van der Waals surface area contributed by atoms with Crippen molar-refractivity contribution >= 4 is 0 Å². The van der Waals surface area contributed by atoms with Crippen molar-refractivity contribution in [2.45, 2.75) is 37.9 Å². The van der Waals surface area contributed by atoms with Crippen molar-refractivity contribution in [2.24, 2.45) is 0 Å². The van der Waals surface area contributed by atoms with Gasteiger partial charge < -0.3 is 15.0 Å². The molecule has 2 aliphatic rings. The van der Waals surface area contributed by atoms with Gasteiger partial charge in [-0.3, -0.25) is 0 Å². The highest BCUT2D eigenvalue weighted by Crippen LogP contribution is 2.27. The predicted octanol–water partition coefficient (Wildman–Crippen LogP) is 2.24. The van der Waals surface area contributed by atoms with Gasteiger partial charge >= 0.3 is 0 Å². The molecule has 110 valence electrons. The Morgan fingerprint density at radius 3 is 2.60 bits per heavy atom. The van der Waals surface area contributed by atoms with Crippen molar-refractivity contribution in [3.8, 4) is 0 Å². The highest BCUT2D eigenvalue weighted by molar-refractivity contribution is 5.20. The molecule has 0 amide bonds. The first-order valence-corrected chi connectivity index (χ1v) is 7.95. The van der Waals surface area contributed by atoms with E-state index in [0.717, 1.165) is 25.6 Å². The van der Waals surface area contributed by atoms with Crippen LogP contribution in [-0.2, 0) is 4.74 Å². The highest BCUT2D eigenvalue weighted by Gasteiger charge is 2.25. The van der Waals surface area contributed by atoms with Crippen LogP contribution in [0.2, 0.25) is 0 Å². The topological polar surface area (TPSA) is 24.5 Å². The summed E-state index contributed by atoms with van der Waals surface area (Å²) in [5.74, 6) is 0.747. The van der Waals surface area contributed by atoms with Crippen LogP contribution in [0, 0.1) is 0 Å². The van der Waals surface area contributed by atoms with Crippen LogP contribution in [0.5, 0.6) is 0 Å². The lowest BCUT2D eigenvalue weighted by Crippen LogP contribution is -2.49. The summed E-state index contributed by atoms with van der Waals surface area (Å²) in [7, 11) is 0. The van der Waals surface area contributed by atoms with Crippen molar-refractivity contribution < 1.29 is 4.74 Å². The quantitative estimate of drug-likeness (QED) is 0.915. The van der Waals surface area contributed by atoms with Gasteiger partial charge in [0.05, 0.1) is 12.2 Å². The molecule has 0 bridgehead atoms. The molecule has 0 unspecified atom stereocenters. The summed E-state index contributed by atoms with van der Waals surface area (Å²) in [4.78, 5) is 2.57. The second kappa shape index (κ2) is 6.70. The summed E-state index contributed by atoms with van der Waals surface area (Å²) in [6, 6.07) is 11.0. The Balaban J connectivity index is 1.46. The Hall–Kier alpha value is -0.900. The van der Waals surface area contributed by atoms with Gasteiger partial charge in [0.25, 0.3) is 0 Å². The minimum atomic E-state index is 0.357. The zero-order chi connectivity index (χ0) is 13.8. The number of nitrogens with zero attached hydrogens (tertiary/aromatic N) is 1. The van der Waals surface area contributed by atoms with Crippen molar-refractivity contribution in [1.29, 1.82) is 0 Å². The summed E-state index contributed by atoms with van der Waals surface area (Å²) < 4.78 is 6.00. The first-order chi connectivity index (χ1) is 9.81. The fourth-order valence-electron chi connectivity index (χ4n) is 3.44. The zero-order valence-corrected chi connectivity index (χ0v) is 12.4. The largest absolute Gasteiger partial charge is 0.371 e. The van der Waals surface area contributed by atoms with Gasteiger partial charge in [0.15, 0.2) is 0 Å². The molecule has 1 aromatic carbocycles. The van der Waals surface area contributed by atoms with Gasteiger partial charge in [-0.15, -0.1) is 0 Å². The van der Waals surface area contributed by atoms with Crippen LogP contribution in [-0.4, -0.2) is 49.8 Å². The van der Waals surface area contributed by atoms with E-state index < -0.39 is 0 Å². The Bertz CT molecular complexity index is 401. The first kappa shape index (κ1) is 14.1. The SMILES string of the molecule is C[C@@H]1CNC[C@@H](CN2CCC(c3ccccc3)CC2)O1. The van der Waals surface area contributed by atoms with Gasteiger partial charge in [-0.2, -0.15) is 0 Å². The van der Waals surface area contributed by atoms with Gasteiger partial charge in [0.2, 0.25) is 0 Å².